The number of aryl methyl sites for hydroxylation is 1. The van der Waals surface area contributed by atoms with Crippen LogP contribution in [0.15, 0.2) is 48.7 Å². The van der Waals surface area contributed by atoms with Gasteiger partial charge in [-0.1, -0.05) is 24.3 Å². The number of amides is 2. The first kappa shape index (κ1) is 18.8. The number of hydrogen-bond donors (Lipinski definition) is 2. The Morgan fingerprint density at radius 1 is 1.24 bits per heavy atom. The molecule has 0 aliphatic carbocycles. The summed E-state index contributed by atoms with van der Waals surface area (Å²) in [4.78, 5) is 40.1. The summed E-state index contributed by atoms with van der Waals surface area (Å²) in [7, 11) is 0. The molecule has 1 aliphatic rings. The summed E-state index contributed by atoms with van der Waals surface area (Å²) in [5.41, 5.74) is 2.79. The number of imide groups is 1. The lowest BCUT2D eigenvalue weighted by Crippen LogP contribution is -2.39. The number of nitro benzene ring substituents is 1. The summed E-state index contributed by atoms with van der Waals surface area (Å²) in [6.45, 7) is 2.15. The second-order valence-corrected chi connectivity index (χ2v) is 7.12. The second-order valence-electron chi connectivity index (χ2n) is 7.12. The van der Waals surface area contributed by atoms with Crippen LogP contribution >= 0.6 is 0 Å². The Labute approximate surface area is 166 Å². The van der Waals surface area contributed by atoms with Crippen LogP contribution < -0.4 is 10.2 Å². The van der Waals surface area contributed by atoms with Gasteiger partial charge in [-0.3, -0.25) is 19.7 Å². The number of aromatic nitrogens is 1. The molecule has 0 spiro atoms. The highest BCUT2D eigenvalue weighted by atomic mass is 16.6. The molecule has 1 fully saturated rings. The summed E-state index contributed by atoms with van der Waals surface area (Å²) in [6.07, 6.45) is 2.69. The topological polar surface area (TPSA) is 108 Å². The molecule has 2 aromatic carbocycles. The van der Waals surface area contributed by atoms with Crippen molar-refractivity contribution in [3.8, 4) is 0 Å². The van der Waals surface area contributed by atoms with Gasteiger partial charge < -0.3 is 10.3 Å². The zero-order valence-electron chi connectivity index (χ0n) is 15.8. The number of hydrogen-bond acceptors (Lipinski definition) is 5. The maximum Gasteiger partial charge on any atom is 0.274 e. The fourth-order valence-electron chi connectivity index (χ4n) is 3.72. The summed E-state index contributed by atoms with van der Waals surface area (Å²) in [5.74, 6) is -0.746. The van der Waals surface area contributed by atoms with Crippen LogP contribution in [0.2, 0.25) is 0 Å². The third-order valence-electron chi connectivity index (χ3n) is 5.25. The van der Waals surface area contributed by atoms with Crippen molar-refractivity contribution < 1.29 is 14.5 Å². The van der Waals surface area contributed by atoms with Crippen LogP contribution in [0.5, 0.6) is 0 Å². The number of anilines is 1. The first-order chi connectivity index (χ1) is 14.0. The van der Waals surface area contributed by atoms with Crippen molar-refractivity contribution in [1.82, 2.24) is 10.3 Å². The SMILES string of the molecule is Cc1ccc(N2C(=O)C[C@@H](NCCc3c[nH]c4ccccc34)C2=O)cc1[N+](=O)[O-]. The lowest BCUT2D eigenvalue weighted by molar-refractivity contribution is -0.385. The van der Waals surface area contributed by atoms with E-state index in [1.807, 2.05) is 30.5 Å². The average molecular weight is 392 g/mol. The van der Waals surface area contributed by atoms with Crippen molar-refractivity contribution in [3.05, 3.63) is 69.9 Å². The number of benzene rings is 2. The van der Waals surface area contributed by atoms with Crippen LogP contribution in [0.1, 0.15) is 17.5 Å². The lowest BCUT2D eigenvalue weighted by atomic mass is 10.1. The maximum absolute atomic E-state index is 12.8. The van der Waals surface area contributed by atoms with Gasteiger partial charge in [-0.2, -0.15) is 0 Å². The van der Waals surface area contributed by atoms with Gasteiger partial charge >= 0.3 is 0 Å². The van der Waals surface area contributed by atoms with E-state index in [2.05, 4.69) is 10.3 Å². The molecule has 0 saturated carbocycles. The van der Waals surface area contributed by atoms with E-state index in [-0.39, 0.29) is 29.6 Å². The molecule has 2 N–H and O–H groups in total. The first-order valence-corrected chi connectivity index (χ1v) is 9.36. The Balaban J connectivity index is 1.44. The maximum atomic E-state index is 12.8. The standard InChI is InChI=1S/C21H20N4O4/c1-13-6-7-15(10-19(13)25(28)29)24-20(26)11-18(21(24)27)22-9-8-14-12-23-17-5-3-2-4-16(14)17/h2-7,10,12,18,22-23H,8-9,11H2,1H3/t18-/m1/s1. The van der Waals surface area contributed by atoms with Crippen LogP contribution in [0.25, 0.3) is 10.9 Å². The molecule has 2 heterocycles. The Bertz CT molecular complexity index is 1120. The molecule has 29 heavy (non-hydrogen) atoms. The Kier molecular flexibility index (Phi) is 4.85. The van der Waals surface area contributed by atoms with Crippen LogP contribution in [0.4, 0.5) is 11.4 Å². The number of para-hydroxylation sites is 1. The fraction of sp³-hybridized carbons (Fsp3) is 0.238. The Morgan fingerprint density at radius 2 is 2.03 bits per heavy atom. The van der Waals surface area contributed by atoms with Gasteiger partial charge in [-0.15, -0.1) is 0 Å². The number of H-pyrrole nitrogens is 1. The van der Waals surface area contributed by atoms with Gasteiger partial charge in [0.2, 0.25) is 5.91 Å². The molecule has 1 saturated heterocycles. The minimum Gasteiger partial charge on any atom is -0.361 e. The highest BCUT2D eigenvalue weighted by Crippen LogP contribution is 2.29. The summed E-state index contributed by atoms with van der Waals surface area (Å²) >= 11 is 0. The predicted octanol–water partition coefficient (Wildman–Crippen LogP) is 2.85. The molecule has 148 valence electrons. The molecule has 0 bridgehead atoms. The number of rotatable bonds is 6. The predicted molar refractivity (Wildman–Crippen MR) is 109 cm³/mol. The van der Waals surface area contributed by atoms with Gasteiger partial charge in [-0.05, 0) is 31.0 Å². The molecule has 1 atom stereocenters. The molecule has 8 nitrogen and oxygen atoms in total. The molecule has 0 radical (unpaired) electrons. The van der Waals surface area contributed by atoms with Gasteiger partial charge in [0.1, 0.15) is 0 Å². The fourth-order valence-corrected chi connectivity index (χ4v) is 3.72. The van der Waals surface area contributed by atoms with Crippen molar-refractivity contribution in [2.24, 2.45) is 0 Å². The average Bonchev–Trinajstić information content (AvgIpc) is 3.23. The van der Waals surface area contributed by atoms with Crippen molar-refractivity contribution in [1.29, 1.82) is 0 Å². The van der Waals surface area contributed by atoms with Crippen LogP contribution in [-0.2, 0) is 16.0 Å². The van der Waals surface area contributed by atoms with E-state index < -0.39 is 11.0 Å². The van der Waals surface area contributed by atoms with Gasteiger partial charge in [0.05, 0.1) is 23.1 Å². The third kappa shape index (κ3) is 3.50. The third-order valence-corrected chi connectivity index (χ3v) is 5.25. The molecule has 1 aliphatic heterocycles. The molecule has 8 heteroatoms. The normalized spacial score (nSPS) is 16.7. The number of carbonyl (C=O) groups is 2. The zero-order valence-corrected chi connectivity index (χ0v) is 15.8. The van der Waals surface area contributed by atoms with Gasteiger partial charge in [0.15, 0.2) is 0 Å². The molecule has 2 amide bonds. The highest BCUT2D eigenvalue weighted by molar-refractivity contribution is 6.22. The van der Waals surface area contributed by atoms with E-state index in [4.69, 9.17) is 0 Å². The molecular formula is C21H20N4O4. The van der Waals surface area contributed by atoms with Crippen LogP contribution in [0, 0.1) is 17.0 Å². The zero-order chi connectivity index (χ0) is 20.5. The summed E-state index contributed by atoms with van der Waals surface area (Å²) < 4.78 is 0. The molecular weight excluding hydrogens is 372 g/mol. The lowest BCUT2D eigenvalue weighted by Gasteiger charge is -2.16. The van der Waals surface area contributed by atoms with E-state index in [1.165, 1.54) is 6.07 Å². The minimum atomic E-state index is -0.631. The van der Waals surface area contributed by atoms with Crippen LogP contribution in [0.3, 0.4) is 0 Å². The molecule has 4 rings (SSSR count). The number of nitrogens with one attached hydrogen (secondary N) is 2. The van der Waals surface area contributed by atoms with Crippen molar-refractivity contribution in [3.63, 3.8) is 0 Å². The largest absolute Gasteiger partial charge is 0.361 e. The number of fused-ring (bicyclic) bond motifs is 1. The highest BCUT2D eigenvalue weighted by Gasteiger charge is 2.39. The summed E-state index contributed by atoms with van der Waals surface area (Å²) in [6, 6.07) is 11.7. The minimum absolute atomic E-state index is 0.0361. The van der Waals surface area contributed by atoms with E-state index in [1.54, 1.807) is 19.1 Å². The van der Waals surface area contributed by atoms with E-state index >= 15 is 0 Å². The van der Waals surface area contributed by atoms with Gasteiger partial charge in [0.25, 0.3) is 11.6 Å². The van der Waals surface area contributed by atoms with Gasteiger partial charge in [-0.25, -0.2) is 4.90 Å². The quantitative estimate of drug-likeness (QED) is 0.381. The Morgan fingerprint density at radius 3 is 2.83 bits per heavy atom. The van der Waals surface area contributed by atoms with Crippen molar-refractivity contribution in [2.45, 2.75) is 25.8 Å². The Hall–Kier alpha value is -3.52. The van der Waals surface area contributed by atoms with Crippen LogP contribution in [-0.4, -0.2) is 34.3 Å². The van der Waals surface area contributed by atoms with Crippen molar-refractivity contribution in [2.75, 3.05) is 11.4 Å². The van der Waals surface area contributed by atoms with E-state index in [0.717, 1.165) is 21.4 Å². The molecule has 0 unspecified atom stereocenters. The smallest absolute Gasteiger partial charge is 0.274 e. The number of nitro groups is 1. The van der Waals surface area contributed by atoms with Crippen molar-refractivity contribution >= 4 is 34.1 Å². The first-order valence-electron chi connectivity index (χ1n) is 9.36. The summed E-state index contributed by atoms with van der Waals surface area (Å²) in [5, 5.41) is 15.5. The van der Waals surface area contributed by atoms with E-state index in [0.29, 0.717) is 18.5 Å². The molecule has 1 aromatic heterocycles. The van der Waals surface area contributed by atoms with E-state index in [9.17, 15) is 19.7 Å². The second kappa shape index (κ2) is 7.48. The monoisotopic (exact) mass is 392 g/mol. The number of aromatic amines is 1. The number of carbonyl (C=O) groups excluding carboxylic acids is 2. The molecule has 3 aromatic rings. The van der Waals surface area contributed by atoms with Gasteiger partial charge in [0, 0.05) is 35.3 Å². The number of nitrogens with zero attached hydrogens (tertiary/aromatic N) is 2.